The number of morpholine rings is 1. The number of likely N-dealkylation sites (tertiary alicyclic amines) is 1. The molecule has 35 heteroatoms. The van der Waals surface area contributed by atoms with Gasteiger partial charge in [0.15, 0.2) is 67.6 Å². The van der Waals surface area contributed by atoms with Gasteiger partial charge in [0.05, 0.1) is 41.1 Å². The van der Waals surface area contributed by atoms with Gasteiger partial charge in [-0.1, -0.05) is 108 Å². The smallest absolute Gasteiger partial charge is 0.274 e. The highest BCUT2D eigenvalue weighted by molar-refractivity contribution is 9.10. The molecule has 5 aromatic heterocycles. The lowest BCUT2D eigenvalue weighted by Gasteiger charge is -2.32. The predicted molar refractivity (Wildman–Crippen MR) is 501 cm³/mol. The van der Waals surface area contributed by atoms with Crippen LogP contribution in [-0.2, 0) is 48.8 Å². The normalized spacial score (nSPS) is 15.5. The number of benzene rings is 6. The number of aryl methyl sites for hydroxylation is 1. The van der Waals surface area contributed by atoms with Crippen LogP contribution < -0.4 is 45.9 Å². The lowest BCUT2D eigenvalue weighted by molar-refractivity contribution is -0.140. The molecule has 11 heterocycles. The number of fused-ring (bicyclic) bond motifs is 5. The van der Waals surface area contributed by atoms with E-state index in [2.05, 4.69) is 121 Å². The molecule has 0 radical (unpaired) electrons. The molecule has 0 spiro atoms. The van der Waals surface area contributed by atoms with Gasteiger partial charge in [-0.3, -0.25) is 24.2 Å². The van der Waals surface area contributed by atoms with Gasteiger partial charge in [-0.15, -0.1) is 0 Å². The van der Waals surface area contributed by atoms with E-state index < -0.39 is 6.10 Å². The highest BCUT2D eigenvalue weighted by Gasteiger charge is 2.33. The number of rotatable bonds is 24. The predicted octanol–water partition coefficient (Wildman–Crippen LogP) is 13.9. The summed E-state index contributed by atoms with van der Waals surface area (Å²) in [5.74, 6) is 3.50. The number of nitrogens with one attached hydrogen (secondary N) is 2. The molecular weight excluding hydrogens is 1750 g/mol. The molecule has 686 valence electrons. The number of piperidine rings is 1. The Morgan fingerprint density at radius 1 is 0.651 bits per heavy atom. The van der Waals surface area contributed by atoms with Gasteiger partial charge in [0.25, 0.3) is 17.7 Å². The van der Waals surface area contributed by atoms with E-state index >= 15 is 0 Å². The number of pyridine rings is 1. The molecule has 6 aliphatic rings. The van der Waals surface area contributed by atoms with E-state index in [-0.39, 0.29) is 88.6 Å². The molecule has 11 N–H and O–H groups in total. The number of ether oxygens (including phenoxy) is 5. The molecule has 6 aromatic carbocycles. The number of imidazole rings is 2. The number of phenolic OH excluding ortho intramolecular Hbond substituents is 4. The first-order valence-electron chi connectivity index (χ1n) is 43.7. The zero-order chi connectivity index (χ0) is 91.6. The Kier molecular flexibility index (Phi) is 30.4. The lowest BCUT2D eigenvalue weighted by Crippen LogP contribution is -2.43. The van der Waals surface area contributed by atoms with Crippen LogP contribution in [0.25, 0.3) is 44.6 Å². The van der Waals surface area contributed by atoms with E-state index in [4.69, 9.17) is 49.6 Å². The molecule has 0 bridgehead atoms. The van der Waals surface area contributed by atoms with Gasteiger partial charge in [0.1, 0.15) is 40.9 Å². The summed E-state index contributed by atoms with van der Waals surface area (Å²) in [5, 5.41) is 62.8. The molecule has 3 saturated heterocycles. The second-order valence-electron chi connectivity index (χ2n) is 35.2. The van der Waals surface area contributed by atoms with Crippen LogP contribution in [0.15, 0.2) is 139 Å². The number of hydrogen-bond donors (Lipinski definition) is 9. The number of anilines is 3. The third-order valence-corrected chi connectivity index (χ3v) is 26.5. The summed E-state index contributed by atoms with van der Waals surface area (Å²) in [7, 11) is 6.19. The van der Waals surface area contributed by atoms with Crippen LogP contribution in [0.2, 0.25) is 0 Å². The van der Waals surface area contributed by atoms with Gasteiger partial charge in [-0.25, -0.2) is 24.9 Å². The first-order valence-corrected chi connectivity index (χ1v) is 46.2. The fourth-order valence-corrected chi connectivity index (χ4v) is 18.9. The van der Waals surface area contributed by atoms with Crippen molar-refractivity contribution in [1.29, 1.82) is 0 Å². The van der Waals surface area contributed by atoms with E-state index in [0.717, 1.165) is 174 Å². The number of carbonyl (C=O) groups is 3. The molecular formula is C94H117BrN18O14S2. The van der Waals surface area contributed by atoms with Crippen molar-refractivity contribution >= 4 is 96.7 Å². The van der Waals surface area contributed by atoms with E-state index in [9.17, 15) is 39.9 Å². The molecule has 3 amide bonds. The van der Waals surface area contributed by atoms with Crippen molar-refractivity contribution in [3.05, 3.63) is 159 Å². The average Bonchev–Trinajstić information content (AvgIpc) is 1.64. The molecule has 3 fully saturated rings. The van der Waals surface area contributed by atoms with Crippen molar-refractivity contribution in [2.75, 3.05) is 136 Å². The van der Waals surface area contributed by atoms with Gasteiger partial charge in [-0.05, 0) is 160 Å². The Balaban J connectivity index is 0.000000139. The lowest BCUT2D eigenvalue weighted by atomic mass is 9.93. The Morgan fingerprint density at radius 3 is 1.92 bits per heavy atom. The van der Waals surface area contributed by atoms with Gasteiger partial charge in [-0.2, -0.15) is 0 Å². The zero-order valence-corrected chi connectivity index (χ0v) is 78.4. The number of aromatic hydroxyl groups is 4. The maximum atomic E-state index is 13.1. The second-order valence-corrected chi connectivity index (χ2v) is 38.0. The number of carbonyl (C=O) groups excluding carboxylic acids is 3. The highest BCUT2D eigenvalue weighted by atomic mass is 79.9. The summed E-state index contributed by atoms with van der Waals surface area (Å²) in [6, 6.07) is 30.2. The second kappa shape index (κ2) is 41.7. The highest BCUT2D eigenvalue weighted by Crippen LogP contribution is 2.48. The number of piperazine rings is 1. The Labute approximate surface area is 768 Å². The molecule has 32 nitrogen and oxygen atoms in total. The number of aliphatic hydroxyl groups is 1. The van der Waals surface area contributed by atoms with E-state index in [0.29, 0.717) is 102 Å². The van der Waals surface area contributed by atoms with E-state index in [1.807, 2.05) is 103 Å². The molecule has 129 heavy (non-hydrogen) atoms. The summed E-state index contributed by atoms with van der Waals surface area (Å²) in [4.78, 5) is 75.1. The van der Waals surface area contributed by atoms with Gasteiger partial charge in [0, 0.05) is 170 Å². The number of aliphatic hydroxyl groups excluding tert-OH is 1. The molecule has 0 unspecified atom stereocenters. The maximum Gasteiger partial charge on any atom is 0.274 e. The van der Waals surface area contributed by atoms with Crippen LogP contribution in [0.5, 0.6) is 46.0 Å². The molecule has 6 aliphatic heterocycles. The van der Waals surface area contributed by atoms with Crippen LogP contribution in [-0.4, -0.2) is 233 Å². The van der Waals surface area contributed by atoms with Crippen molar-refractivity contribution in [3.8, 4) is 68.4 Å². The van der Waals surface area contributed by atoms with E-state index in [1.165, 1.54) is 48.3 Å². The van der Waals surface area contributed by atoms with Crippen molar-refractivity contribution in [1.82, 2.24) is 74.3 Å². The van der Waals surface area contributed by atoms with E-state index in [1.54, 1.807) is 39.9 Å². The number of hydrogen-bond acceptors (Lipinski definition) is 29. The Hall–Kier alpha value is -11.1. The molecule has 17 rings (SSSR count). The number of nitrogens with two attached hydrogens (primary N) is 2. The third-order valence-electron chi connectivity index (χ3n) is 23.5. The average molecular weight is 1870 g/mol. The first kappa shape index (κ1) is 94.0. The number of aromatic nitrogens is 8. The largest absolute Gasteiger partial charge is 0.508 e. The van der Waals surface area contributed by atoms with Crippen molar-refractivity contribution in [3.63, 3.8) is 0 Å². The number of nitrogen functional groups attached to an aromatic ring is 2. The Morgan fingerprint density at radius 2 is 1.26 bits per heavy atom. The van der Waals surface area contributed by atoms with Gasteiger partial charge >= 0.3 is 0 Å². The summed E-state index contributed by atoms with van der Waals surface area (Å²) in [5.41, 5.74) is 24.6. The number of halogens is 1. The first-order chi connectivity index (χ1) is 61.8. The number of amides is 3. The van der Waals surface area contributed by atoms with Crippen molar-refractivity contribution < 1.29 is 68.1 Å². The van der Waals surface area contributed by atoms with Crippen LogP contribution in [0.4, 0.5) is 17.3 Å². The van der Waals surface area contributed by atoms with Crippen molar-refractivity contribution in [2.45, 2.75) is 159 Å². The molecule has 0 saturated carbocycles. The summed E-state index contributed by atoms with van der Waals surface area (Å²) in [6.07, 6.45) is 4.97. The van der Waals surface area contributed by atoms with Crippen LogP contribution >= 0.6 is 39.5 Å². The maximum absolute atomic E-state index is 13.1. The topological polar surface area (TPSA) is 394 Å². The minimum absolute atomic E-state index is 0.00808. The molecule has 11 aromatic rings. The van der Waals surface area contributed by atoms with Crippen LogP contribution in [0.1, 0.15) is 148 Å². The standard InChI is InChI=1S/C26H31N3O5.C24H31N3O3.C22H25BrN6O4S.C22H30N6O2S/c1-4-27-26(32)24-23(18-7-5-17(6-8-18)15-29-9-11-33-12-10-29)25(34-28-24)20-13-19(16(2)3)21(30)14-22(20)31;1-16(2)20-11-21(23(29)12-22(20)28)24(30)27-14-18-5-4-17(10-19(18)15-27)13-26-8-6-25(3)7-9-26;1-12(30)21(31)28-5-2-13(3-6-28)4-7-29-20-18(19(24)25-10-26-20)27-22(29)34-17-9-16-15(8-14(17)23)32-11-33-16;1-22(2,3)12-24-8-9-28-14-6-7-25-20(23)19(14)26-21(28)31-18-11-17-16(29-13-30-17)10-15(18)27(4)5/h5-8,13-14,16,30-31H,4,9-12,15H2,1-3H3,(H,27,32);4-5,10-12,16,28-29H,6-9,13-15H2,1-3H3;8-10,12-13,30H,2-7,11H2,1H3,(H2,24,25,26);6-7,10-11,24H,8-9,12-13H2,1-5H3,(H2,23,25)/t;;12-;/m..0./s1. The minimum atomic E-state index is -0.950. The summed E-state index contributed by atoms with van der Waals surface area (Å²) >= 11 is 6.72. The van der Waals surface area contributed by atoms with Crippen LogP contribution in [0, 0.1) is 11.3 Å². The monoisotopic (exact) mass is 1860 g/mol. The van der Waals surface area contributed by atoms with Crippen LogP contribution in [0.3, 0.4) is 0 Å². The fraction of sp³-hybridized carbons (Fsp3) is 0.436. The third kappa shape index (κ3) is 22.7. The SMILES string of the molecule is CC(C)c1cc(C(=O)N2Cc3ccc(CN4CCN(C)CC4)cc3C2)c(O)cc1O.CCNC(=O)c1noc(-c2cc(C(C)C)c(O)cc2O)c1-c1ccc(CN2CCOCC2)cc1.CN(C)c1cc2c(cc1Sc1nc3c(N)nccc3n1CCNCC(C)(C)C)OCO2.C[C@H](O)C(=O)N1CCC(CCn2c(Sc3cc4c(cc3Br)OCO4)nc3c(N)ncnc32)CC1. The number of nitrogens with zero attached hydrogens (tertiary/aromatic N) is 14. The van der Waals surface area contributed by atoms with Gasteiger partial charge in [0.2, 0.25) is 13.6 Å². The zero-order valence-electron chi connectivity index (χ0n) is 75.2. The summed E-state index contributed by atoms with van der Waals surface area (Å²) < 4.78 is 38.4. The quantitative estimate of drug-likeness (QED) is 0.0254. The van der Waals surface area contributed by atoms with Crippen molar-refractivity contribution in [2.24, 2.45) is 11.3 Å². The number of likely N-dealkylation sites (N-methyl/N-ethyl adjacent to an activating group) is 1. The number of phenols is 4. The van der Waals surface area contributed by atoms with Gasteiger partial charge < -0.3 is 105 Å². The minimum Gasteiger partial charge on any atom is -0.508 e. The molecule has 1 atom stereocenters. The Bertz CT molecular complexity index is 5820. The molecule has 0 aliphatic carbocycles. The summed E-state index contributed by atoms with van der Waals surface area (Å²) in [6.45, 7) is 33.8. The fourth-order valence-electron chi connectivity index (χ4n) is 16.3.